The molecule has 1 aliphatic heterocycles. The molecule has 1 saturated heterocycles. The normalized spacial score (nSPS) is 24.1. The summed E-state index contributed by atoms with van der Waals surface area (Å²) in [6.07, 6.45) is 5.13. The van der Waals surface area contributed by atoms with E-state index >= 15 is 0 Å². The zero-order chi connectivity index (χ0) is 22.1. The smallest absolute Gasteiger partial charge is 0.247 e. The molecule has 8 heteroatoms. The topological polar surface area (TPSA) is 86.8 Å². The summed E-state index contributed by atoms with van der Waals surface area (Å²) in [6.45, 7) is 6.81. The third kappa shape index (κ3) is 4.54. The predicted octanol–water partition coefficient (Wildman–Crippen LogP) is 2.51. The van der Waals surface area contributed by atoms with Gasteiger partial charge in [0.2, 0.25) is 21.8 Å². The first kappa shape index (κ1) is 22.7. The first-order chi connectivity index (χ1) is 14.1. The third-order valence-electron chi connectivity index (χ3n) is 6.19. The van der Waals surface area contributed by atoms with E-state index in [9.17, 15) is 18.0 Å². The summed E-state index contributed by atoms with van der Waals surface area (Å²) in [6, 6.07) is 5.82. The molecule has 1 unspecified atom stereocenters. The first-order valence-corrected chi connectivity index (χ1v) is 12.4. The van der Waals surface area contributed by atoms with E-state index in [4.69, 9.17) is 0 Å². The number of carbonyl (C=O) groups excluding carboxylic acids is 2. The van der Waals surface area contributed by atoms with Crippen LogP contribution in [0.3, 0.4) is 0 Å². The fourth-order valence-electron chi connectivity index (χ4n) is 4.62. The number of rotatable bonds is 5. The molecule has 7 nitrogen and oxygen atoms in total. The Bertz CT molecular complexity index is 904. The van der Waals surface area contributed by atoms with Crippen molar-refractivity contribution in [3.05, 3.63) is 29.3 Å². The number of carbonyl (C=O) groups is 2. The minimum absolute atomic E-state index is 0.0551. The van der Waals surface area contributed by atoms with Crippen molar-refractivity contribution in [3.63, 3.8) is 0 Å². The molecule has 1 aromatic rings. The number of hydrogen-bond acceptors (Lipinski definition) is 4. The SMILES string of the molecule is CCS(=O)(=O)N1CC(=O)N(c2cc(C)cc(C)c2)C(C)(C(=O)NC2CCCCC2)C1. The molecule has 2 amide bonds. The molecular weight excluding hydrogens is 402 g/mol. The molecule has 1 aliphatic carbocycles. The molecule has 1 saturated carbocycles. The van der Waals surface area contributed by atoms with Gasteiger partial charge in [-0.15, -0.1) is 0 Å². The van der Waals surface area contributed by atoms with Crippen molar-refractivity contribution in [2.24, 2.45) is 0 Å². The average molecular weight is 436 g/mol. The second kappa shape index (κ2) is 8.67. The highest BCUT2D eigenvalue weighted by molar-refractivity contribution is 7.89. The van der Waals surface area contributed by atoms with Crippen LogP contribution in [0.25, 0.3) is 0 Å². The van der Waals surface area contributed by atoms with Gasteiger partial charge < -0.3 is 5.32 Å². The maximum Gasteiger partial charge on any atom is 0.247 e. The van der Waals surface area contributed by atoms with Gasteiger partial charge in [0, 0.05) is 18.3 Å². The van der Waals surface area contributed by atoms with Gasteiger partial charge in [-0.05, 0) is 63.8 Å². The van der Waals surface area contributed by atoms with Crippen LogP contribution in [-0.2, 0) is 19.6 Å². The summed E-state index contributed by atoms with van der Waals surface area (Å²) >= 11 is 0. The average Bonchev–Trinajstić information content (AvgIpc) is 2.67. The lowest BCUT2D eigenvalue weighted by Gasteiger charge is -2.47. The Kier molecular flexibility index (Phi) is 6.57. The number of aryl methyl sites for hydroxylation is 2. The Morgan fingerprint density at radius 2 is 1.73 bits per heavy atom. The summed E-state index contributed by atoms with van der Waals surface area (Å²) in [5.41, 5.74) is 1.27. The number of benzene rings is 1. The van der Waals surface area contributed by atoms with E-state index in [2.05, 4.69) is 5.32 Å². The van der Waals surface area contributed by atoms with Crippen molar-refractivity contribution in [1.82, 2.24) is 9.62 Å². The van der Waals surface area contributed by atoms with Gasteiger partial charge in [-0.2, -0.15) is 4.31 Å². The van der Waals surface area contributed by atoms with Crippen molar-refractivity contribution < 1.29 is 18.0 Å². The quantitative estimate of drug-likeness (QED) is 0.770. The van der Waals surface area contributed by atoms with Gasteiger partial charge in [-0.25, -0.2) is 8.42 Å². The number of piperazine rings is 1. The van der Waals surface area contributed by atoms with Crippen LogP contribution < -0.4 is 10.2 Å². The van der Waals surface area contributed by atoms with Crippen LogP contribution >= 0.6 is 0 Å². The lowest BCUT2D eigenvalue weighted by atomic mass is 9.91. The van der Waals surface area contributed by atoms with Crippen LogP contribution in [0.15, 0.2) is 18.2 Å². The zero-order valence-corrected chi connectivity index (χ0v) is 19.2. The van der Waals surface area contributed by atoms with Crippen LogP contribution in [0, 0.1) is 13.8 Å². The Morgan fingerprint density at radius 3 is 2.30 bits per heavy atom. The molecule has 0 bridgehead atoms. The maximum absolute atomic E-state index is 13.5. The number of sulfonamides is 1. The Labute approximate surface area is 179 Å². The lowest BCUT2D eigenvalue weighted by Crippen LogP contribution is -2.71. The Morgan fingerprint density at radius 1 is 1.13 bits per heavy atom. The highest BCUT2D eigenvalue weighted by atomic mass is 32.2. The van der Waals surface area contributed by atoms with Gasteiger partial charge in [0.1, 0.15) is 5.54 Å². The highest BCUT2D eigenvalue weighted by Gasteiger charge is 2.51. The standard InChI is InChI=1S/C22H33N3O4S/c1-5-30(28,29)24-14-20(26)25(19-12-16(2)11-17(3)13-19)22(4,15-24)21(27)23-18-9-7-6-8-10-18/h11-13,18H,5-10,14-15H2,1-4H3,(H,23,27). The molecule has 3 rings (SSSR count). The molecule has 2 fully saturated rings. The summed E-state index contributed by atoms with van der Waals surface area (Å²) in [7, 11) is -3.61. The van der Waals surface area contributed by atoms with Crippen molar-refractivity contribution in [2.45, 2.75) is 71.4 Å². The van der Waals surface area contributed by atoms with Gasteiger partial charge in [0.05, 0.1) is 12.3 Å². The molecule has 1 N–H and O–H groups in total. The number of nitrogens with zero attached hydrogens (tertiary/aromatic N) is 2. The molecule has 1 aromatic carbocycles. The zero-order valence-electron chi connectivity index (χ0n) is 18.4. The molecule has 1 atom stereocenters. The molecule has 30 heavy (non-hydrogen) atoms. The summed E-state index contributed by atoms with van der Waals surface area (Å²) in [5.74, 6) is -0.785. The summed E-state index contributed by atoms with van der Waals surface area (Å²) in [5, 5.41) is 3.11. The summed E-state index contributed by atoms with van der Waals surface area (Å²) in [4.78, 5) is 28.3. The number of hydrogen-bond donors (Lipinski definition) is 1. The molecular formula is C22H33N3O4S. The van der Waals surface area contributed by atoms with Crippen molar-refractivity contribution in [3.8, 4) is 0 Å². The second-order valence-electron chi connectivity index (χ2n) is 8.83. The van der Waals surface area contributed by atoms with E-state index in [1.807, 2.05) is 32.0 Å². The van der Waals surface area contributed by atoms with Crippen molar-refractivity contribution in [1.29, 1.82) is 0 Å². The van der Waals surface area contributed by atoms with Gasteiger partial charge in [0.15, 0.2) is 0 Å². The summed E-state index contributed by atoms with van der Waals surface area (Å²) < 4.78 is 26.3. The molecule has 0 spiro atoms. The van der Waals surface area contributed by atoms with E-state index in [0.717, 1.165) is 41.1 Å². The Hall–Kier alpha value is -1.93. The van der Waals surface area contributed by atoms with Gasteiger partial charge in [-0.3, -0.25) is 14.5 Å². The van der Waals surface area contributed by atoms with Gasteiger partial charge in [-0.1, -0.05) is 25.3 Å². The maximum atomic E-state index is 13.5. The number of amides is 2. The van der Waals surface area contributed by atoms with Crippen LogP contribution in [0.1, 0.15) is 57.1 Å². The minimum atomic E-state index is -3.61. The Balaban J connectivity index is 2.01. The molecule has 0 radical (unpaired) electrons. The van der Waals surface area contributed by atoms with E-state index < -0.39 is 15.6 Å². The minimum Gasteiger partial charge on any atom is -0.351 e. The highest BCUT2D eigenvalue weighted by Crippen LogP contribution is 2.32. The van der Waals surface area contributed by atoms with Crippen molar-refractivity contribution >= 4 is 27.5 Å². The number of anilines is 1. The van der Waals surface area contributed by atoms with Gasteiger partial charge >= 0.3 is 0 Å². The van der Waals surface area contributed by atoms with Crippen LogP contribution in [0.5, 0.6) is 0 Å². The van der Waals surface area contributed by atoms with Crippen molar-refractivity contribution in [2.75, 3.05) is 23.7 Å². The van der Waals surface area contributed by atoms with Crippen LogP contribution in [0.2, 0.25) is 0 Å². The molecule has 1 heterocycles. The largest absolute Gasteiger partial charge is 0.351 e. The molecule has 0 aromatic heterocycles. The van der Waals surface area contributed by atoms with Crippen LogP contribution in [0.4, 0.5) is 5.69 Å². The fraction of sp³-hybridized carbons (Fsp3) is 0.636. The van der Waals surface area contributed by atoms with E-state index in [1.54, 1.807) is 13.8 Å². The van der Waals surface area contributed by atoms with Crippen LogP contribution in [-0.4, -0.2) is 55.0 Å². The fourth-order valence-corrected chi connectivity index (χ4v) is 5.74. The third-order valence-corrected chi connectivity index (χ3v) is 7.97. The molecule has 2 aliphatic rings. The van der Waals surface area contributed by atoms with E-state index in [1.165, 1.54) is 11.3 Å². The van der Waals surface area contributed by atoms with E-state index in [0.29, 0.717) is 5.69 Å². The van der Waals surface area contributed by atoms with E-state index in [-0.39, 0.29) is 36.7 Å². The van der Waals surface area contributed by atoms with Gasteiger partial charge in [0.25, 0.3) is 0 Å². The lowest BCUT2D eigenvalue weighted by molar-refractivity contribution is -0.133. The monoisotopic (exact) mass is 435 g/mol. The molecule has 166 valence electrons. The first-order valence-electron chi connectivity index (χ1n) is 10.8. The number of nitrogens with one attached hydrogen (secondary N) is 1. The second-order valence-corrected chi connectivity index (χ2v) is 11.1. The predicted molar refractivity (Wildman–Crippen MR) is 118 cm³/mol.